The third kappa shape index (κ3) is 5.11. The highest BCUT2D eigenvalue weighted by atomic mass is 32.2. The summed E-state index contributed by atoms with van der Waals surface area (Å²) >= 11 is 1.66. The lowest BCUT2D eigenvalue weighted by Gasteiger charge is -2.36. The second-order valence-corrected chi connectivity index (χ2v) is 10.4. The molecule has 160 valence electrons. The fourth-order valence-corrected chi connectivity index (χ4v) is 6.70. The predicted molar refractivity (Wildman–Crippen MR) is 125 cm³/mol. The number of carbonyl (C=O) groups is 1. The van der Waals surface area contributed by atoms with Crippen LogP contribution in [0, 0.1) is 24.0 Å². The van der Waals surface area contributed by atoms with Gasteiger partial charge < -0.3 is 4.90 Å². The Hall–Kier alpha value is -2.16. The summed E-state index contributed by atoms with van der Waals surface area (Å²) in [5.74, 6) is 0.0940. The predicted octanol–water partition coefficient (Wildman–Crippen LogP) is 4.89. The van der Waals surface area contributed by atoms with Crippen LogP contribution in [0.25, 0.3) is 0 Å². The van der Waals surface area contributed by atoms with E-state index in [0.29, 0.717) is 13.1 Å². The maximum absolute atomic E-state index is 11.7. The van der Waals surface area contributed by atoms with Crippen LogP contribution in [0.1, 0.15) is 25.0 Å². The molecule has 6 nitrogen and oxygen atoms in total. The second-order valence-electron chi connectivity index (χ2n) is 7.24. The van der Waals surface area contributed by atoms with Gasteiger partial charge in [0.2, 0.25) is 5.91 Å². The number of hydrogen-bond donors (Lipinski definition) is 0. The second kappa shape index (κ2) is 9.76. The van der Waals surface area contributed by atoms with Gasteiger partial charge in [0, 0.05) is 59.9 Å². The summed E-state index contributed by atoms with van der Waals surface area (Å²) in [5, 5.41) is 13.6. The summed E-state index contributed by atoms with van der Waals surface area (Å²) in [5.41, 5.74) is 2.48. The maximum Gasteiger partial charge on any atom is 0.270 e. The molecule has 1 saturated heterocycles. The monoisotopic (exact) mass is 445 g/mol. The number of amides is 1. The average Bonchev–Trinajstić information content (AvgIpc) is 2.72. The lowest BCUT2D eigenvalue weighted by molar-refractivity contribution is -0.385. The molecule has 0 aromatic heterocycles. The number of nitro groups is 1. The molecule has 2 aromatic carbocycles. The smallest absolute Gasteiger partial charge is 0.270 e. The number of carbonyl (C=O) groups excluding carboxylic acids is 1. The molecule has 1 fully saturated rings. The third-order valence-electron chi connectivity index (χ3n) is 5.11. The van der Waals surface area contributed by atoms with Crippen molar-refractivity contribution >= 4 is 39.4 Å². The lowest BCUT2D eigenvalue weighted by atomic mass is 10.2. The van der Waals surface area contributed by atoms with Crippen molar-refractivity contribution in [2.24, 2.45) is 0 Å². The van der Waals surface area contributed by atoms with E-state index in [9.17, 15) is 14.9 Å². The number of nitro benzene ring substituents is 1. The minimum atomic E-state index is -0.388. The van der Waals surface area contributed by atoms with E-state index in [1.165, 1.54) is 11.1 Å². The number of nitrogens with zero attached hydrogens (tertiary/aromatic N) is 3. The number of rotatable bonds is 5. The molecule has 0 spiro atoms. The van der Waals surface area contributed by atoms with Crippen LogP contribution in [0.15, 0.2) is 51.1 Å². The average molecular weight is 446 g/mol. The molecule has 1 aliphatic heterocycles. The molecule has 1 atom stereocenters. The summed E-state index contributed by atoms with van der Waals surface area (Å²) in [6.07, 6.45) is 0. The van der Waals surface area contributed by atoms with Crippen LogP contribution in [0.3, 0.4) is 0 Å². The summed E-state index contributed by atoms with van der Waals surface area (Å²) in [7, 11) is -0.388. The zero-order valence-electron chi connectivity index (χ0n) is 17.8. The van der Waals surface area contributed by atoms with Gasteiger partial charge in [-0.05, 0) is 49.4 Å². The standard InChI is InChI=1S/C22H27N3O3S2/c1-5-30(24-12-10-23(11-13-24)18(4)26)22-15-19(25(27)28)8-9-20(22)29-21-14-16(2)6-7-17(21)3/h5-9,14-15H,10-13H2,1-4H3. The molecule has 0 radical (unpaired) electrons. The molecule has 0 bridgehead atoms. The summed E-state index contributed by atoms with van der Waals surface area (Å²) in [4.78, 5) is 27.8. The minimum absolute atomic E-state index is 0.0940. The van der Waals surface area contributed by atoms with E-state index < -0.39 is 0 Å². The Morgan fingerprint density at radius 3 is 2.40 bits per heavy atom. The molecular formula is C22H27N3O3S2. The Kier molecular flexibility index (Phi) is 7.33. The van der Waals surface area contributed by atoms with Crippen LogP contribution in [-0.4, -0.2) is 51.6 Å². The first-order valence-electron chi connectivity index (χ1n) is 9.87. The molecule has 1 amide bonds. The van der Waals surface area contributed by atoms with Crippen molar-refractivity contribution in [3.8, 4) is 0 Å². The zero-order chi connectivity index (χ0) is 21.8. The van der Waals surface area contributed by atoms with Crippen molar-refractivity contribution < 1.29 is 9.72 Å². The van der Waals surface area contributed by atoms with E-state index >= 15 is 0 Å². The van der Waals surface area contributed by atoms with E-state index in [1.807, 2.05) is 17.9 Å². The van der Waals surface area contributed by atoms with E-state index in [0.717, 1.165) is 27.8 Å². The molecule has 30 heavy (non-hydrogen) atoms. The van der Waals surface area contributed by atoms with E-state index in [2.05, 4.69) is 41.7 Å². The Morgan fingerprint density at radius 2 is 1.80 bits per heavy atom. The third-order valence-corrected chi connectivity index (χ3v) is 8.63. The SMILES string of the molecule is C/C=S(\c1cc([N+](=O)[O-])ccc1Sc1cc(C)ccc1C)N1CCN(C(C)=O)CC1. The number of aryl methyl sites for hydroxylation is 2. The van der Waals surface area contributed by atoms with Gasteiger partial charge in [-0.1, -0.05) is 34.6 Å². The van der Waals surface area contributed by atoms with Gasteiger partial charge in [-0.15, -0.1) is 0 Å². The van der Waals surface area contributed by atoms with Crippen molar-refractivity contribution in [3.05, 3.63) is 57.6 Å². The van der Waals surface area contributed by atoms with E-state index in [4.69, 9.17) is 0 Å². The number of piperazine rings is 1. The molecule has 0 aliphatic carbocycles. The van der Waals surface area contributed by atoms with Crippen molar-refractivity contribution in [1.29, 1.82) is 0 Å². The van der Waals surface area contributed by atoms with Gasteiger partial charge in [0.1, 0.15) is 0 Å². The highest BCUT2D eigenvalue weighted by molar-refractivity contribution is 8.13. The zero-order valence-corrected chi connectivity index (χ0v) is 19.4. The van der Waals surface area contributed by atoms with E-state index in [-0.39, 0.29) is 27.2 Å². The maximum atomic E-state index is 11.7. The van der Waals surface area contributed by atoms with Crippen LogP contribution in [0.2, 0.25) is 0 Å². The van der Waals surface area contributed by atoms with Crippen molar-refractivity contribution in [3.63, 3.8) is 0 Å². The quantitative estimate of drug-likeness (QED) is 0.372. The molecule has 1 aliphatic rings. The van der Waals surface area contributed by atoms with Gasteiger partial charge in [-0.25, -0.2) is 4.31 Å². The van der Waals surface area contributed by atoms with Gasteiger partial charge in [-0.2, -0.15) is 0 Å². The van der Waals surface area contributed by atoms with Crippen LogP contribution < -0.4 is 0 Å². The fourth-order valence-electron chi connectivity index (χ4n) is 3.41. The first kappa shape index (κ1) is 22.5. The number of non-ortho nitro benzene ring substituents is 1. The lowest BCUT2D eigenvalue weighted by Crippen LogP contribution is -2.46. The van der Waals surface area contributed by atoms with Crippen molar-refractivity contribution in [2.75, 3.05) is 26.2 Å². The molecule has 3 rings (SSSR count). The number of benzene rings is 2. The molecule has 0 saturated carbocycles. The normalized spacial score (nSPS) is 15.9. The van der Waals surface area contributed by atoms with Crippen LogP contribution in [-0.2, 0) is 4.79 Å². The molecule has 1 heterocycles. The first-order valence-corrected chi connectivity index (χ1v) is 11.9. The highest BCUT2D eigenvalue weighted by Gasteiger charge is 2.24. The molecular weight excluding hydrogens is 418 g/mol. The van der Waals surface area contributed by atoms with Crippen LogP contribution in [0.5, 0.6) is 0 Å². The van der Waals surface area contributed by atoms with Crippen LogP contribution >= 0.6 is 22.4 Å². The van der Waals surface area contributed by atoms with E-state index in [1.54, 1.807) is 30.8 Å². The molecule has 2 aromatic rings. The van der Waals surface area contributed by atoms with Gasteiger partial charge in [0.15, 0.2) is 0 Å². The summed E-state index contributed by atoms with van der Waals surface area (Å²) in [6, 6.07) is 11.5. The first-order chi connectivity index (χ1) is 14.3. The molecule has 1 unspecified atom stereocenters. The molecule has 8 heteroatoms. The Balaban J connectivity index is 1.98. The van der Waals surface area contributed by atoms with Crippen LogP contribution in [0.4, 0.5) is 5.69 Å². The Morgan fingerprint density at radius 1 is 1.10 bits per heavy atom. The minimum Gasteiger partial charge on any atom is -0.340 e. The van der Waals surface area contributed by atoms with Gasteiger partial charge in [0.25, 0.3) is 5.69 Å². The largest absolute Gasteiger partial charge is 0.340 e. The fraction of sp³-hybridized carbons (Fsp3) is 0.364. The summed E-state index contributed by atoms with van der Waals surface area (Å²) in [6.45, 7) is 10.6. The molecule has 0 N–H and O–H groups in total. The highest BCUT2D eigenvalue weighted by Crippen LogP contribution is 2.43. The van der Waals surface area contributed by atoms with Gasteiger partial charge >= 0.3 is 0 Å². The topological polar surface area (TPSA) is 66.7 Å². The van der Waals surface area contributed by atoms with Crippen molar-refractivity contribution in [1.82, 2.24) is 9.21 Å². The van der Waals surface area contributed by atoms with Gasteiger partial charge in [-0.3, -0.25) is 14.9 Å². The van der Waals surface area contributed by atoms with Crippen molar-refractivity contribution in [2.45, 2.75) is 42.4 Å². The number of hydrogen-bond acceptors (Lipinski definition) is 5. The summed E-state index contributed by atoms with van der Waals surface area (Å²) < 4.78 is 2.33. The Labute approximate surface area is 184 Å². The van der Waals surface area contributed by atoms with Gasteiger partial charge in [0.05, 0.1) is 4.92 Å². The Bertz CT molecular complexity index is 999.